The van der Waals surface area contributed by atoms with E-state index in [1.165, 1.54) is 32.1 Å². The molecule has 1 aliphatic carbocycles. The van der Waals surface area contributed by atoms with E-state index < -0.39 is 0 Å². The second-order valence-corrected chi connectivity index (χ2v) is 6.21. The number of halogens is 1. The Balaban J connectivity index is 2.15. The van der Waals surface area contributed by atoms with E-state index in [9.17, 15) is 4.39 Å². The van der Waals surface area contributed by atoms with Crippen molar-refractivity contribution in [2.45, 2.75) is 64.3 Å². The number of nitrogens with two attached hydrogens (primary N) is 1. The van der Waals surface area contributed by atoms with Crippen LogP contribution in [0, 0.1) is 18.7 Å². The minimum atomic E-state index is -0.249. The van der Waals surface area contributed by atoms with E-state index in [0.717, 1.165) is 24.3 Å². The largest absolute Gasteiger partial charge is 0.321 e. The van der Waals surface area contributed by atoms with E-state index in [1.54, 1.807) is 6.07 Å². The van der Waals surface area contributed by atoms with Crippen LogP contribution >= 0.6 is 0 Å². The lowest BCUT2D eigenvalue weighted by molar-refractivity contribution is 0.366. The van der Waals surface area contributed by atoms with Gasteiger partial charge >= 0.3 is 0 Å². The van der Waals surface area contributed by atoms with E-state index in [1.807, 2.05) is 19.1 Å². The number of aryl methyl sites for hydroxylation is 1. The summed E-state index contributed by atoms with van der Waals surface area (Å²) < 4.78 is 13.4. The summed E-state index contributed by atoms with van der Waals surface area (Å²) in [4.78, 5) is 0. The van der Waals surface area contributed by atoms with Crippen molar-refractivity contribution in [2.75, 3.05) is 0 Å². The highest BCUT2D eigenvalue weighted by Gasteiger charge is 2.31. The predicted molar refractivity (Wildman–Crippen MR) is 78.5 cm³/mol. The Bertz CT molecular complexity index is 429. The maximum Gasteiger partial charge on any atom is 0.126 e. The van der Waals surface area contributed by atoms with Crippen molar-refractivity contribution < 1.29 is 4.39 Å². The van der Waals surface area contributed by atoms with Gasteiger partial charge in [0.1, 0.15) is 5.82 Å². The maximum atomic E-state index is 13.4. The summed E-state index contributed by atoms with van der Waals surface area (Å²) >= 11 is 0. The van der Waals surface area contributed by atoms with E-state index in [4.69, 9.17) is 5.73 Å². The molecule has 106 valence electrons. The van der Waals surface area contributed by atoms with Gasteiger partial charge < -0.3 is 5.73 Å². The van der Waals surface area contributed by atoms with E-state index >= 15 is 0 Å². The highest BCUT2D eigenvalue weighted by atomic mass is 19.1. The molecule has 2 N–H and O–H groups in total. The standard InChI is InChI=1S/C17H26FN/c1-3-5-14-6-4-10-17(19,11-9-14)15-7-8-16(18)13(2)12-15/h7-8,12,14H,3-6,9-11,19H2,1-2H3. The third kappa shape index (κ3) is 3.36. The molecule has 1 aromatic rings. The topological polar surface area (TPSA) is 26.0 Å². The molecule has 0 amide bonds. The predicted octanol–water partition coefficient (Wildman–Crippen LogP) is 4.67. The van der Waals surface area contributed by atoms with Gasteiger partial charge in [-0.1, -0.05) is 44.7 Å². The first-order chi connectivity index (χ1) is 9.05. The van der Waals surface area contributed by atoms with Gasteiger partial charge in [0.05, 0.1) is 0 Å². The Kier molecular flexibility index (Phi) is 4.62. The molecule has 1 fully saturated rings. The number of benzene rings is 1. The molecule has 2 rings (SSSR count). The van der Waals surface area contributed by atoms with Crippen LogP contribution in [0.25, 0.3) is 0 Å². The van der Waals surface area contributed by atoms with Gasteiger partial charge in [0.25, 0.3) is 0 Å². The minimum Gasteiger partial charge on any atom is -0.321 e. The smallest absolute Gasteiger partial charge is 0.126 e. The van der Waals surface area contributed by atoms with Crippen molar-refractivity contribution in [3.63, 3.8) is 0 Å². The molecule has 0 heterocycles. The maximum absolute atomic E-state index is 13.4. The lowest BCUT2D eigenvalue weighted by atomic mass is 9.83. The summed E-state index contributed by atoms with van der Waals surface area (Å²) in [6, 6.07) is 5.38. The highest BCUT2D eigenvalue weighted by Crippen LogP contribution is 2.37. The molecular weight excluding hydrogens is 237 g/mol. The lowest BCUT2D eigenvalue weighted by Gasteiger charge is -2.29. The molecule has 1 saturated carbocycles. The van der Waals surface area contributed by atoms with Crippen LogP contribution in [0.4, 0.5) is 4.39 Å². The fraction of sp³-hybridized carbons (Fsp3) is 0.647. The van der Waals surface area contributed by atoms with E-state index in [-0.39, 0.29) is 11.4 Å². The normalized spacial score (nSPS) is 28.1. The molecule has 2 atom stereocenters. The fourth-order valence-electron chi connectivity index (χ4n) is 3.38. The van der Waals surface area contributed by atoms with Gasteiger partial charge in [-0.05, 0) is 49.3 Å². The summed E-state index contributed by atoms with van der Waals surface area (Å²) in [6.07, 6.45) is 8.34. The van der Waals surface area contributed by atoms with Gasteiger partial charge in [-0.3, -0.25) is 0 Å². The zero-order chi connectivity index (χ0) is 13.9. The first kappa shape index (κ1) is 14.5. The third-order valence-corrected chi connectivity index (χ3v) is 4.66. The Hall–Kier alpha value is -0.890. The second kappa shape index (κ2) is 6.04. The second-order valence-electron chi connectivity index (χ2n) is 6.21. The third-order valence-electron chi connectivity index (χ3n) is 4.66. The molecule has 0 saturated heterocycles. The molecule has 1 aliphatic rings. The summed E-state index contributed by atoms with van der Waals surface area (Å²) in [5.74, 6) is 0.696. The van der Waals surface area contributed by atoms with Crippen molar-refractivity contribution >= 4 is 0 Å². The van der Waals surface area contributed by atoms with Crippen molar-refractivity contribution in [1.29, 1.82) is 0 Å². The van der Waals surface area contributed by atoms with Crippen LogP contribution in [0.5, 0.6) is 0 Å². The van der Waals surface area contributed by atoms with Crippen LogP contribution in [0.1, 0.15) is 63.0 Å². The Morgan fingerprint density at radius 1 is 1.32 bits per heavy atom. The summed E-state index contributed by atoms with van der Waals surface area (Å²) in [5, 5.41) is 0. The zero-order valence-electron chi connectivity index (χ0n) is 12.2. The molecule has 0 bridgehead atoms. The lowest BCUT2D eigenvalue weighted by Crippen LogP contribution is -2.36. The van der Waals surface area contributed by atoms with Gasteiger partial charge in [0.15, 0.2) is 0 Å². The zero-order valence-corrected chi connectivity index (χ0v) is 12.2. The average molecular weight is 263 g/mol. The first-order valence-corrected chi connectivity index (χ1v) is 7.60. The molecule has 0 radical (unpaired) electrons. The van der Waals surface area contributed by atoms with Crippen molar-refractivity contribution in [3.8, 4) is 0 Å². The summed E-state index contributed by atoms with van der Waals surface area (Å²) in [5.41, 5.74) is 8.21. The molecule has 1 aromatic carbocycles. The van der Waals surface area contributed by atoms with Crippen LogP contribution in [0.3, 0.4) is 0 Å². The van der Waals surface area contributed by atoms with Gasteiger partial charge in [-0.25, -0.2) is 4.39 Å². The molecule has 0 aromatic heterocycles. The van der Waals surface area contributed by atoms with Gasteiger partial charge in [-0.15, -0.1) is 0 Å². The van der Waals surface area contributed by atoms with Crippen molar-refractivity contribution in [2.24, 2.45) is 11.7 Å². The molecular formula is C17H26FN. The first-order valence-electron chi connectivity index (χ1n) is 7.60. The van der Waals surface area contributed by atoms with Crippen LogP contribution in [-0.2, 0) is 5.54 Å². The molecule has 0 aliphatic heterocycles. The van der Waals surface area contributed by atoms with E-state index in [2.05, 4.69) is 6.92 Å². The van der Waals surface area contributed by atoms with Crippen molar-refractivity contribution in [3.05, 3.63) is 35.1 Å². The number of hydrogen-bond acceptors (Lipinski definition) is 1. The minimum absolute atomic E-state index is 0.134. The molecule has 0 spiro atoms. The number of rotatable bonds is 3. The molecule has 19 heavy (non-hydrogen) atoms. The van der Waals surface area contributed by atoms with Gasteiger partial charge in [0, 0.05) is 5.54 Å². The highest BCUT2D eigenvalue weighted by molar-refractivity contribution is 5.30. The van der Waals surface area contributed by atoms with Crippen LogP contribution < -0.4 is 5.73 Å². The average Bonchev–Trinajstić information content (AvgIpc) is 2.57. The number of hydrogen-bond donors (Lipinski definition) is 1. The van der Waals surface area contributed by atoms with Gasteiger partial charge in [-0.2, -0.15) is 0 Å². The SMILES string of the molecule is CCCC1CCCC(N)(c2ccc(F)c(C)c2)CC1. The molecule has 2 heteroatoms. The molecule has 2 unspecified atom stereocenters. The quantitative estimate of drug-likeness (QED) is 0.788. The fourth-order valence-corrected chi connectivity index (χ4v) is 3.38. The van der Waals surface area contributed by atoms with Crippen LogP contribution in [0.15, 0.2) is 18.2 Å². The van der Waals surface area contributed by atoms with E-state index in [0.29, 0.717) is 5.56 Å². The van der Waals surface area contributed by atoms with Gasteiger partial charge in [0.2, 0.25) is 0 Å². The Morgan fingerprint density at radius 2 is 2.11 bits per heavy atom. The Morgan fingerprint density at radius 3 is 2.79 bits per heavy atom. The van der Waals surface area contributed by atoms with Crippen LogP contribution in [-0.4, -0.2) is 0 Å². The van der Waals surface area contributed by atoms with Crippen molar-refractivity contribution in [1.82, 2.24) is 0 Å². The summed E-state index contributed by atoms with van der Waals surface area (Å²) in [7, 11) is 0. The summed E-state index contributed by atoms with van der Waals surface area (Å²) in [6.45, 7) is 4.07. The molecule has 1 nitrogen and oxygen atoms in total. The Labute approximate surface area is 116 Å². The van der Waals surface area contributed by atoms with Crippen LogP contribution in [0.2, 0.25) is 0 Å². The monoisotopic (exact) mass is 263 g/mol.